The van der Waals surface area contributed by atoms with Crippen molar-refractivity contribution < 1.29 is 23.2 Å². The Morgan fingerprint density at radius 3 is 2.33 bits per heavy atom. The topological polar surface area (TPSA) is 63.0 Å². The fourth-order valence-corrected chi connectivity index (χ4v) is 7.26. The number of hydrogen-bond donors (Lipinski definition) is 0. The predicted molar refractivity (Wildman–Crippen MR) is 163 cm³/mol. The van der Waals surface area contributed by atoms with Crippen molar-refractivity contribution in [2.75, 3.05) is 5.75 Å². The van der Waals surface area contributed by atoms with E-state index in [0.717, 1.165) is 64.2 Å². The normalized spacial score (nSPS) is 19.8. The van der Waals surface area contributed by atoms with Crippen LogP contribution >= 0.6 is 11.8 Å². The molecule has 1 aromatic heterocycles. The maximum absolute atomic E-state index is 6.84. The van der Waals surface area contributed by atoms with Gasteiger partial charge in [-0.25, -0.2) is 0 Å². The van der Waals surface area contributed by atoms with Crippen molar-refractivity contribution in [3.8, 4) is 23.0 Å². The average molecular weight is 582 g/mol. The zero-order chi connectivity index (χ0) is 29.3. The number of nitrogens with zero attached hydrogens (tertiary/aromatic N) is 1. The van der Waals surface area contributed by atoms with Gasteiger partial charge in [0.05, 0.1) is 10.6 Å². The van der Waals surface area contributed by atoms with E-state index in [1.807, 2.05) is 37.7 Å². The Kier molecular flexibility index (Phi) is 7.06. The van der Waals surface area contributed by atoms with Gasteiger partial charge in [-0.1, -0.05) is 32.0 Å². The largest absolute Gasteiger partial charge is 0.543 e. The molecule has 0 bridgehead atoms. The van der Waals surface area contributed by atoms with E-state index in [-0.39, 0.29) is 5.04 Å². The van der Waals surface area contributed by atoms with Gasteiger partial charge in [-0.3, -0.25) is 0 Å². The molecule has 0 aliphatic carbocycles. The SMILES string of the molecule is Cc1c(C)c2c(c(C)c1O[Si](C)(C)C(C)(C)C)SCC(C)(c1cc(CCc3ccc4c(c3)OC(C)(C)O4)no1)O2. The molecule has 0 radical (unpaired) electrons. The van der Waals surface area contributed by atoms with Crippen molar-refractivity contribution in [3.63, 3.8) is 0 Å². The molecule has 0 N–H and O–H groups in total. The summed E-state index contributed by atoms with van der Waals surface area (Å²) in [6.07, 6.45) is 1.59. The smallest absolute Gasteiger partial charge is 0.250 e. The van der Waals surface area contributed by atoms with E-state index >= 15 is 0 Å². The molecule has 1 unspecified atom stereocenters. The first-order valence-corrected chi connectivity index (χ1v) is 18.0. The molecule has 2 aromatic carbocycles. The molecule has 3 aromatic rings. The number of hydrogen-bond acceptors (Lipinski definition) is 7. The van der Waals surface area contributed by atoms with Crippen LogP contribution in [-0.2, 0) is 18.4 Å². The number of fused-ring (bicyclic) bond motifs is 2. The lowest BCUT2D eigenvalue weighted by molar-refractivity contribution is -0.0431. The zero-order valence-electron chi connectivity index (χ0n) is 25.8. The Bertz CT molecular complexity index is 1450. The first kappa shape index (κ1) is 28.9. The van der Waals surface area contributed by atoms with E-state index < -0.39 is 19.7 Å². The molecule has 216 valence electrons. The monoisotopic (exact) mass is 581 g/mol. The first-order chi connectivity index (χ1) is 18.5. The second-order valence-electron chi connectivity index (χ2n) is 13.4. The Hall–Kier alpha value is -2.58. The predicted octanol–water partition coefficient (Wildman–Crippen LogP) is 8.68. The molecule has 0 fully saturated rings. The maximum Gasteiger partial charge on any atom is 0.250 e. The summed E-state index contributed by atoms with van der Waals surface area (Å²) in [7, 11) is -1.99. The fourth-order valence-electron chi connectivity index (χ4n) is 4.88. The highest BCUT2D eigenvalue weighted by Gasteiger charge is 2.43. The van der Waals surface area contributed by atoms with Crippen molar-refractivity contribution in [3.05, 3.63) is 58.0 Å². The Morgan fingerprint density at radius 2 is 1.62 bits per heavy atom. The van der Waals surface area contributed by atoms with Gasteiger partial charge >= 0.3 is 0 Å². The van der Waals surface area contributed by atoms with E-state index in [0.29, 0.717) is 0 Å². The van der Waals surface area contributed by atoms with Crippen LogP contribution < -0.4 is 18.6 Å². The van der Waals surface area contributed by atoms with Crippen LogP contribution in [0.4, 0.5) is 0 Å². The molecule has 2 aliphatic rings. The molecule has 2 aliphatic heterocycles. The molecular weight excluding hydrogens is 539 g/mol. The molecule has 8 heteroatoms. The Morgan fingerprint density at radius 1 is 0.925 bits per heavy atom. The highest BCUT2D eigenvalue weighted by Crippen LogP contribution is 2.52. The third-order valence-electron chi connectivity index (χ3n) is 8.58. The molecule has 5 rings (SSSR count). The van der Waals surface area contributed by atoms with Crippen molar-refractivity contribution in [1.82, 2.24) is 5.16 Å². The first-order valence-electron chi connectivity index (χ1n) is 14.1. The second-order valence-corrected chi connectivity index (χ2v) is 19.1. The molecule has 3 heterocycles. The summed E-state index contributed by atoms with van der Waals surface area (Å²) in [5.41, 5.74) is 4.91. The maximum atomic E-state index is 6.84. The van der Waals surface area contributed by atoms with Crippen LogP contribution in [-0.4, -0.2) is 25.0 Å². The zero-order valence-corrected chi connectivity index (χ0v) is 27.6. The molecule has 0 saturated heterocycles. The van der Waals surface area contributed by atoms with E-state index in [9.17, 15) is 0 Å². The molecule has 6 nitrogen and oxygen atoms in total. The number of thioether (sulfide) groups is 1. The highest BCUT2D eigenvalue weighted by molar-refractivity contribution is 7.99. The van der Waals surface area contributed by atoms with E-state index in [2.05, 4.69) is 78.8 Å². The van der Waals surface area contributed by atoms with Gasteiger partial charge in [0.1, 0.15) is 11.5 Å². The summed E-state index contributed by atoms with van der Waals surface area (Å²) >= 11 is 1.82. The van der Waals surface area contributed by atoms with Crippen molar-refractivity contribution in [1.29, 1.82) is 0 Å². The number of aromatic nitrogens is 1. The van der Waals surface area contributed by atoms with Crippen molar-refractivity contribution in [2.45, 2.75) is 110 Å². The lowest BCUT2D eigenvalue weighted by Crippen LogP contribution is -2.44. The summed E-state index contributed by atoms with van der Waals surface area (Å²) in [5.74, 6) is 4.40. The second kappa shape index (κ2) is 9.76. The van der Waals surface area contributed by atoms with E-state index in [1.165, 1.54) is 16.0 Å². The minimum atomic E-state index is -1.99. The molecule has 0 amide bonds. The van der Waals surface area contributed by atoms with Gasteiger partial charge in [-0.15, -0.1) is 11.8 Å². The van der Waals surface area contributed by atoms with Crippen molar-refractivity contribution >= 4 is 20.1 Å². The van der Waals surface area contributed by atoms with Crippen LogP contribution in [0.1, 0.15) is 75.3 Å². The number of benzene rings is 2. The molecule has 1 atom stereocenters. The average Bonchev–Trinajstić information content (AvgIpc) is 3.46. The van der Waals surface area contributed by atoms with Gasteiger partial charge < -0.3 is 23.2 Å². The Balaban J connectivity index is 1.33. The molecule has 0 saturated carbocycles. The van der Waals surface area contributed by atoms with Gasteiger partial charge in [-0.05, 0) is 87.5 Å². The summed E-state index contributed by atoms with van der Waals surface area (Å²) in [4.78, 5) is 1.17. The Labute approximate surface area is 244 Å². The lowest BCUT2D eigenvalue weighted by Gasteiger charge is -2.39. The summed E-state index contributed by atoms with van der Waals surface area (Å²) in [6, 6.07) is 8.17. The molecule has 40 heavy (non-hydrogen) atoms. The van der Waals surface area contributed by atoms with Crippen LogP contribution in [0, 0.1) is 20.8 Å². The van der Waals surface area contributed by atoms with Crippen LogP contribution in [0.2, 0.25) is 18.1 Å². The number of ether oxygens (including phenoxy) is 3. The van der Waals surface area contributed by atoms with Gasteiger partial charge in [-0.2, -0.15) is 0 Å². The van der Waals surface area contributed by atoms with Gasteiger partial charge in [0.2, 0.25) is 5.79 Å². The van der Waals surface area contributed by atoms with Crippen molar-refractivity contribution in [2.24, 2.45) is 0 Å². The minimum Gasteiger partial charge on any atom is -0.543 e. The minimum absolute atomic E-state index is 0.127. The lowest BCUT2D eigenvalue weighted by atomic mass is 10.0. The van der Waals surface area contributed by atoms with Crippen LogP contribution in [0.25, 0.3) is 0 Å². The van der Waals surface area contributed by atoms with Crippen LogP contribution in [0.3, 0.4) is 0 Å². The highest BCUT2D eigenvalue weighted by atomic mass is 32.2. The quantitative estimate of drug-likeness (QED) is 0.270. The molecular formula is C32H43NO5SSi. The van der Waals surface area contributed by atoms with E-state index in [4.69, 9.17) is 23.2 Å². The number of aryl methyl sites for hydroxylation is 2. The summed E-state index contributed by atoms with van der Waals surface area (Å²) in [5, 5.41) is 4.53. The van der Waals surface area contributed by atoms with E-state index in [1.54, 1.807) is 0 Å². The van der Waals surface area contributed by atoms with Crippen LogP contribution in [0.15, 0.2) is 33.7 Å². The van der Waals surface area contributed by atoms with Gasteiger partial charge in [0.25, 0.3) is 8.32 Å². The number of rotatable bonds is 6. The van der Waals surface area contributed by atoms with Crippen LogP contribution in [0.5, 0.6) is 23.0 Å². The van der Waals surface area contributed by atoms with Gasteiger partial charge in [0.15, 0.2) is 22.9 Å². The summed E-state index contributed by atoms with van der Waals surface area (Å²) in [6.45, 7) is 23.8. The van der Waals surface area contributed by atoms with Gasteiger partial charge in [0, 0.05) is 31.2 Å². The third kappa shape index (κ3) is 5.25. The standard InChI is InChI=1S/C32H43NO5SSi/c1-19-20(2)28-29(21(3)27(19)38-40(10,11)30(4,5)6)39-18-32(9,36-28)26-17-23(33-37-26)14-12-22-13-15-24-25(16-22)35-31(7,8)34-24/h13,15-17H,12,14,18H2,1-11H3. The summed E-state index contributed by atoms with van der Waals surface area (Å²) < 4.78 is 31.2. The fraction of sp³-hybridized carbons (Fsp3) is 0.531. The third-order valence-corrected chi connectivity index (χ3v) is 14.4. The molecule has 0 spiro atoms.